The van der Waals surface area contributed by atoms with Crippen LogP contribution in [0.1, 0.15) is 17.3 Å². The SMILES string of the molecule is CC(Br)CN(C)C(=O)c1ccc(F)c(Br)c1. The molecule has 0 bridgehead atoms. The second kappa shape index (κ2) is 5.77. The molecule has 0 saturated carbocycles. The van der Waals surface area contributed by atoms with Gasteiger partial charge in [0.25, 0.3) is 5.91 Å². The van der Waals surface area contributed by atoms with Gasteiger partial charge in [0.2, 0.25) is 0 Å². The molecule has 0 spiro atoms. The molecule has 5 heteroatoms. The molecule has 88 valence electrons. The summed E-state index contributed by atoms with van der Waals surface area (Å²) in [5.41, 5.74) is 0.476. The fraction of sp³-hybridized carbons (Fsp3) is 0.364. The summed E-state index contributed by atoms with van der Waals surface area (Å²) in [6.07, 6.45) is 0. The zero-order valence-corrected chi connectivity index (χ0v) is 12.2. The number of alkyl halides is 1. The number of benzene rings is 1. The van der Waals surface area contributed by atoms with Crippen LogP contribution in [-0.2, 0) is 0 Å². The van der Waals surface area contributed by atoms with Gasteiger partial charge in [-0.15, -0.1) is 0 Å². The minimum absolute atomic E-state index is 0.119. The van der Waals surface area contributed by atoms with Crippen molar-refractivity contribution in [2.45, 2.75) is 11.8 Å². The van der Waals surface area contributed by atoms with Crippen molar-refractivity contribution in [2.24, 2.45) is 0 Å². The predicted octanol–water partition coefficient (Wildman–Crippen LogP) is 3.44. The third kappa shape index (κ3) is 3.56. The summed E-state index contributed by atoms with van der Waals surface area (Å²) in [5, 5.41) is 0. The van der Waals surface area contributed by atoms with E-state index in [1.165, 1.54) is 18.2 Å². The van der Waals surface area contributed by atoms with E-state index in [4.69, 9.17) is 0 Å². The Morgan fingerprint density at radius 1 is 1.56 bits per heavy atom. The van der Waals surface area contributed by atoms with E-state index in [0.29, 0.717) is 16.6 Å². The first-order chi connectivity index (χ1) is 7.41. The number of carbonyl (C=O) groups is 1. The van der Waals surface area contributed by atoms with Crippen LogP contribution in [0.4, 0.5) is 4.39 Å². The molecule has 1 aromatic rings. The van der Waals surface area contributed by atoms with Gasteiger partial charge in [-0.25, -0.2) is 4.39 Å². The topological polar surface area (TPSA) is 20.3 Å². The van der Waals surface area contributed by atoms with Crippen molar-refractivity contribution in [3.8, 4) is 0 Å². The van der Waals surface area contributed by atoms with Gasteiger partial charge in [-0.3, -0.25) is 4.79 Å². The van der Waals surface area contributed by atoms with Gasteiger partial charge < -0.3 is 4.90 Å². The fourth-order valence-corrected chi connectivity index (χ4v) is 2.12. The number of hydrogen-bond donors (Lipinski definition) is 0. The maximum Gasteiger partial charge on any atom is 0.253 e. The number of nitrogens with zero attached hydrogens (tertiary/aromatic N) is 1. The van der Waals surface area contributed by atoms with Crippen LogP contribution >= 0.6 is 31.9 Å². The normalized spacial score (nSPS) is 12.3. The largest absolute Gasteiger partial charge is 0.341 e. The summed E-state index contributed by atoms with van der Waals surface area (Å²) < 4.78 is 13.3. The molecule has 16 heavy (non-hydrogen) atoms. The molecule has 0 aliphatic heterocycles. The van der Waals surface area contributed by atoms with Crippen LogP contribution in [0.25, 0.3) is 0 Å². The molecule has 0 heterocycles. The highest BCUT2D eigenvalue weighted by atomic mass is 79.9. The van der Waals surface area contributed by atoms with E-state index >= 15 is 0 Å². The van der Waals surface area contributed by atoms with Crippen LogP contribution < -0.4 is 0 Å². The minimum atomic E-state index is -0.368. The molecule has 1 amide bonds. The molecule has 0 aliphatic rings. The van der Waals surface area contributed by atoms with Crippen LogP contribution in [0.15, 0.2) is 22.7 Å². The molecule has 0 saturated heterocycles. The van der Waals surface area contributed by atoms with Crippen molar-refractivity contribution >= 4 is 37.8 Å². The Morgan fingerprint density at radius 2 is 2.19 bits per heavy atom. The summed E-state index contributed by atoms with van der Waals surface area (Å²) >= 11 is 6.44. The van der Waals surface area contributed by atoms with Crippen molar-refractivity contribution in [1.82, 2.24) is 4.90 Å². The lowest BCUT2D eigenvalue weighted by molar-refractivity contribution is 0.0797. The Bertz CT molecular complexity index is 396. The lowest BCUT2D eigenvalue weighted by atomic mass is 10.2. The minimum Gasteiger partial charge on any atom is -0.341 e. The van der Waals surface area contributed by atoms with Crippen LogP contribution in [0.5, 0.6) is 0 Å². The smallest absolute Gasteiger partial charge is 0.253 e. The van der Waals surface area contributed by atoms with Crippen molar-refractivity contribution in [1.29, 1.82) is 0 Å². The molecular weight excluding hydrogens is 341 g/mol. The van der Waals surface area contributed by atoms with Gasteiger partial charge in [-0.2, -0.15) is 0 Å². The average Bonchev–Trinajstić information content (AvgIpc) is 2.20. The molecule has 1 atom stereocenters. The summed E-state index contributed by atoms with van der Waals surface area (Å²) in [4.78, 5) is 13.7. The molecule has 0 aromatic heterocycles. The number of carbonyl (C=O) groups excluding carboxylic acids is 1. The Labute approximate surface area is 111 Å². The molecule has 1 unspecified atom stereocenters. The number of rotatable bonds is 3. The van der Waals surface area contributed by atoms with Gasteiger partial charge in [0.15, 0.2) is 0 Å². The molecule has 0 aliphatic carbocycles. The maximum absolute atomic E-state index is 13.0. The first-order valence-corrected chi connectivity index (χ1v) is 6.47. The van der Waals surface area contributed by atoms with Crippen LogP contribution in [0.3, 0.4) is 0 Å². The monoisotopic (exact) mass is 351 g/mol. The zero-order chi connectivity index (χ0) is 12.3. The molecular formula is C11H12Br2FNO. The van der Waals surface area contributed by atoms with Crippen molar-refractivity contribution < 1.29 is 9.18 Å². The summed E-state index contributed by atoms with van der Waals surface area (Å²) in [5.74, 6) is -0.486. The molecule has 0 radical (unpaired) electrons. The maximum atomic E-state index is 13.0. The second-order valence-electron chi connectivity index (χ2n) is 3.60. The number of halogens is 3. The molecule has 2 nitrogen and oxygen atoms in total. The fourth-order valence-electron chi connectivity index (χ4n) is 1.31. The van der Waals surface area contributed by atoms with E-state index in [1.807, 2.05) is 6.92 Å². The van der Waals surface area contributed by atoms with Gasteiger partial charge in [0.05, 0.1) is 4.47 Å². The van der Waals surface area contributed by atoms with Crippen LogP contribution in [0, 0.1) is 5.82 Å². The summed E-state index contributed by atoms with van der Waals surface area (Å²) in [6.45, 7) is 2.57. The van der Waals surface area contributed by atoms with Gasteiger partial charge in [0, 0.05) is 24.0 Å². The van der Waals surface area contributed by atoms with Gasteiger partial charge in [-0.05, 0) is 34.1 Å². The van der Waals surface area contributed by atoms with Crippen molar-refractivity contribution in [2.75, 3.05) is 13.6 Å². The van der Waals surface area contributed by atoms with Crippen molar-refractivity contribution in [3.63, 3.8) is 0 Å². The lowest BCUT2D eigenvalue weighted by Crippen LogP contribution is -2.31. The first-order valence-electron chi connectivity index (χ1n) is 4.76. The third-order valence-corrected chi connectivity index (χ3v) is 2.94. The molecule has 1 aromatic carbocycles. The van der Waals surface area contributed by atoms with Crippen LogP contribution in [-0.4, -0.2) is 29.2 Å². The highest BCUT2D eigenvalue weighted by Crippen LogP contribution is 2.18. The zero-order valence-electron chi connectivity index (χ0n) is 9.01. The summed E-state index contributed by atoms with van der Waals surface area (Å²) in [6, 6.07) is 4.26. The van der Waals surface area contributed by atoms with E-state index in [9.17, 15) is 9.18 Å². The Morgan fingerprint density at radius 3 is 2.69 bits per heavy atom. The molecule has 1 rings (SSSR count). The Kier molecular flexibility index (Phi) is 4.92. The van der Waals surface area contributed by atoms with Gasteiger partial charge in [0.1, 0.15) is 5.82 Å². The highest BCUT2D eigenvalue weighted by Gasteiger charge is 2.14. The van der Waals surface area contributed by atoms with Crippen LogP contribution in [0.2, 0.25) is 0 Å². The van der Waals surface area contributed by atoms with E-state index in [-0.39, 0.29) is 16.6 Å². The van der Waals surface area contributed by atoms with E-state index < -0.39 is 0 Å². The standard InChI is InChI=1S/C11H12Br2FNO/c1-7(12)6-15(2)11(16)8-3-4-10(14)9(13)5-8/h3-5,7H,6H2,1-2H3. The second-order valence-corrected chi connectivity index (χ2v) is 6.01. The van der Waals surface area contributed by atoms with E-state index in [1.54, 1.807) is 11.9 Å². The lowest BCUT2D eigenvalue weighted by Gasteiger charge is -2.18. The molecule has 0 N–H and O–H groups in total. The number of hydrogen-bond acceptors (Lipinski definition) is 1. The first kappa shape index (κ1) is 13.6. The summed E-state index contributed by atoms with van der Waals surface area (Å²) in [7, 11) is 1.72. The van der Waals surface area contributed by atoms with E-state index in [0.717, 1.165) is 0 Å². The number of amides is 1. The third-order valence-electron chi connectivity index (χ3n) is 2.04. The van der Waals surface area contributed by atoms with E-state index in [2.05, 4.69) is 31.9 Å². The average molecular weight is 353 g/mol. The molecule has 0 fully saturated rings. The quantitative estimate of drug-likeness (QED) is 0.763. The van der Waals surface area contributed by atoms with Gasteiger partial charge in [-0.1, -0.05) is 22.9 Å². The predicted molar refractivity (Wildman–Crippen MR) is 69.4 cm³/mol. The Balaban J connectivity index is 2.84. The Hall–Kier alpha value is -0.420. The van der Waals surface area contributed by atoms with Crippen molar-refractivity contribution in [3.05, 3.63) is 34.1 Å². The van der Waals surface area contributed by atoms with Gasteiger partial charge >= 0.3 is 0 Å². The highest BCUT2D eigenvalue weighted by molar-refractivity contribution is 9.10.